The van der Waals surface area contributed by atoms with Crippen LogP contribution in [0.15, 0.2) is 65.1 Å². The Morgan fingerprint density at radius 3 is 2.38 bits per heavy atom. The van der Waals surface area contributed by atoms with Crippen LogP contribution in [0.1, 0.15) is 40.5 Å². The maximum atomic E-state index is 13.1. The molecule has 29 heavy (non-hydrogen) atoms. The lowest BCUT2D eigenvalue weighted by atomic mass is 10.1. The van der Waals surface area contributed by atoms with Crippen molar-refractivity contribution < 1.29 is 23.5 Å². The average molecular weight is 393 g/mol. The van der Waals surface area contributed by atoms with Gasteiger partial charge in [0.15, 0.2) is 0 Å². The van der Waals surface area contributed by atoms with Gasteiger partial charge in [0, 0.05) is 5.56 Å². The molecule has 150 valence electrons. The molecule has 0 spiro atoms. The second kappa shape index (κ2) is 9.10. The van der Waals surface area contributed by atoms with E-state index in [9.17, 15) is 9.59 Å². The number of carbonyl (C=O) groups is 2. The van der Waals surface area contributed by atoms with Gasteiger partial charge in [-0.15, -0.1) is 0 Å². The summed E-state index contributed by atoms with van der Waals surface area (Å²) in [6, 6.07) is 17.6. The second-order valence-electron chi connectivity index (χ2n) is 6.44. The minimum Gasteiger partial charge on any atom is -0.492 e. The molecule has 0 aliphatic heterocycles. The minimum absolute atomic E-state index is 0.297. The SMILES string of the molecule is CCOc1ccccc1NC(=O)[C@H](OC(=O)c1cc(C)oc1C)c1ccccc1. The number of hydrogen-bond donors (Lipinski definition) is 1. The van der Waals surface area contributed by atoms with Crippen molar-refractivity contribution in [2.24, 2.45) is 0 Å². The highest BCUT2D eigenvalue weighted by Crippen LogP contribution is 2.27. The Balaban J connectivity index is 1.87. The van der Waals surface area contributed by atoms with E-state index in [4.69, 9.17) is 13.9 Å². The number of amides is 1. The largest absolute Gasteiger partial charge is 0.492 e. The van der Waals surface area contributed by atoms with Crippen molar-refractivity contribution >= 4 is 17.6 Å². The first-order valence-electron chi connectivity index (χ1n) is 9.35. The van der Waals surface area contributed by atoms with Crippen molar-refractivity contribution in [2.45, 2.75) is 26.9 Å². The van der Waals surface area contributed by atoms with Crippen LogP contribution in [-0.2, 0) is 9.53 Å². The third-order valence-corrected chi connectivity index (χ3v) is 4.27. The lowest BCUT2D eigenvalue weighted by Crippen LogP contribution is -2.26. The molecule has 0 unspecified atom stereocenters. The van der Waals surface area contributed by atoms with Gasteiger partial charge >= 0.3 is 5.97 Å². The molecule has 3 rings (SSSR count). The van der Waals surface area contributed by atoms with Gasteiger partial charge in [-0.1, -0.05) is 42.5 Å². The van der Waals surface area contributed by atoms with Crippen molar-refractivity contribution in [3.63, 3.8) is 0 Å². The monoisotopic (exact) mass is 393 g/mol. The van der Waals surface area contributed by atoms with Crippen LogP contribution < -0.4 is 10.1 Å². The Bertz CT molecular complexity index is 994. The van der Waals surface area contributed by atoms with Crippen LogP contribution in [0.5, 0.6) is 5.75 Å². The zero-order chi connectivity index (χ0) is 20.8. The van der Waals surface area contributed by atoms with Crippen molar-refractivity contribution in [3.05, 3.63) is 83.3 Å². The van der Waals surface area contributed by atoms with Gasteiger partial charge in [-0.3, -0.25) is 4.79 Å². The van der Waals surface area contributed by atoms with E-state index < -0.39 is 18.0 Å². The maximum absolute atomic E-state index is 13.1. The molecule has 0 aliphatic carbocycles. The van der Waals surface area contributed by atoms with Gasteiger partial charge in [0.2, 0.25) is 6.10 Å². The Labute approximate surface area is 169 Å². The molecule has 1 atom stereocenters. The van der Waals surface area contributed by atoms with Crippen LogP contribution >= 0.6 is 0 Å². The smallest absolute Gasteiger partial charge is 0.342 e. The summed E-state index contributed by atoms with van der Waals surface area (Å²) >= 11 is 0. The fourth-order valence-electron chi connectivity index (χ4n) is 2.95. The van der Waals surface area contributed by atoms with Crippen LogP contribution in [0.4, 0.5) is 5.69 Å². The number of rotatable bonds is 7. The number of hydrogen-bond acceptors (Lipinski definition) is 5. The van der Waals surface area contributed by atoms with E-state index in [1.807, 2.05) is 19.1 Å². The number of esters is 1. The molecule has 1 amide bonds. The fraction of sp³-hybridized carbons (Fsp3) is 0.217. The first-order valence-corrected chi connectivity index (χ1v) is 9.35. The zero-order valence-corrected chi connectivity index (χ0v) is 16.6. The molecule has 0 aliphatic rings. The molecule has 1 heterocycles. The number of benzene rings is 2. The van der Waals surface area contributed by atoms with E-state index in [2.05, 4.69) is 5.32 Å². The highest BCUT2D eigenvalue weighted by atomic mass is 16.5. The number of aryl methyl sites for hydroxylation is 2. The quantitative estimate of drug-likeness (QED) is 0.582. The highest BCUT2D eigenvalue weighted by Gasteiger charge is 2.28. The van der Waals surface area contributed by atoms with Gasteiger partial charge in [0.1, 0.15) is 22.8 Å². The topological polar surface area (TPSA) is 77.8 Å². The summed E-state index contributed by atoms with van der Waals surface area (Å²) in [5.74, 6) is 0.487. The van der Waals surface area contributed by atoms with Crippen molar-refractivity contribution in [1.29, 1.82) is 0 Å². The molecule has 6 nitrogen and oxygen atoms in total. The maximum Gasteiger partial charge on any atom is 0.342 e. The van der Waals surface area contributed by atoms with Crippen LogP contribution in [0.3, 0.4) is 0 Å². The molecule has 6 heteroatoms. The van der Waals surface area contributed by atoms with E-state index in [0.29, 0.717) is 40.7 Å². The Hall–Kier alpha value is -3.54. The molecule has 3 aromatic rings. The van der Waals surface area contributed by atoms with Gasteiger partial charge in [0.25, 0.3) is 5.91 Å². The molecule has 1 aromatic heterocycles. The van der Waals surface area contributed by atoms with E-state index in [0.717, 1.165) is 0 Å². The number of anilines is 1. The van der Waals surface area contributed by atoms with Gasteiger partial charge in [-0.2, -0.15) is 0 Å². The van der Waals surface area contributed by atoms with Crippen LogP contribution in [-0.4, -0.2) is 18.5 Å². The molecule has 0 saturated carbocycles. The second-order valence-corrected chi connectivity index (χ2v) is 6.44. The predicted molar refractivity (Wildman–Crippen MR) is 109 cm³/mol. The number of furan rings is 1. The molecule has 0 fully saturated rings. The Morgan fingerprint density at radius 1 is 1.03 bits per heavy atom. The Kier molecular flexibility index (Phi) is 6.34. The molecule has 1 N–H and O–H groups in total. The number of nitrogens with one attached hydrogen (secondary N) is 1. The summed E-state index contributed by atoms with van der Waals surface area (Å²) in [5.41, 5.74) is 1.36. The highest BCUT2D eigenvalue weighted by molar-refractivity contribution is 5.99. The number of carbonyl (C=O) groups excluding carboxylic acids is 2. The van der Waals surface area contributed by atoms with Crippen molar-refractivity contribution in [2.75, 3.05) is 11.9 Å². The number of ether oxygens (including phenoxy) is 2. The van der Waals surface area contributed by atoms with Crippen molar-refractivity contribution in [1.82, 2.24) is 0 Å². The van der Waals surface area contributed by atoms with Gasteiger partial charge < -0.3 is 19.2 Å². The van der Waals surface area contributed by atoms with Crippen LogP contribution in [0.25, 0.3) is 0 Å². The molecular weight excluding hydrogens is 370 g/mol. The van der Waals surface area contributed by atoms with E-state index >= 15 is 0 Å². The summed E-state index contributed by atoms with van der Waals surface area (Å²) in [4.78, 5) is 25.8. The third kappa shape index (κ3) is 4.85. The lowest BCUT2D eigenvalue weighted by Gasteiger charge is -2.19. The van der Waals surface area contributed by atoms with E-state index in [-0.39, 0.29) is 0 Å². The first-order chi connectivity index (χ1) is 14.0. The molecule has 0 saturated heterocycles. The fourth-order valence-corrected chi connectivity index (χ4v) is 2.95. The van der Waals surface area contributed by atoms with Crippen molar-refractivity contribution in [3.8, 4) is 5.75 Å². The normalized spacial score (nSPS) is 11.6. The predicted octanol–water partition coefficient (Wildman–Crippen LogP) is 4.83. The summed E-state index contributed by atoms with van der Waals surface area (Å²) in [7, 11) is 0. The molecule has 0 bridgehead atoms. The molecule has 2 aromatic carbocycles. The molecule has 0 radical (unpaired) electrons. The van der Waals surface area contributed by atoms with Gasteiger partial charge in [-0.25, -0.2) is 4.79 Å². The minimum atomic E-state index is -1.13. The Morgan fingerprint density at radius 2 is 1.72 bits per heavy atom. The third-order valence-electron chi connectivity index (χ3n) is 4.27. The standard InChI is InChI=1S/C23H23NO5/c1-4-27-20-13-9-8-12-19(20)24-22(25)21(17-10-6-5-7-11-17)29-23(26)18-14-15(2)28-16(18)3/h5-14,21H,4H2,1-3H3,(H,24,25)/t21-/m1/s1. The number of para-hydroxylation sites is 2. The lowest BCUT2D eigenvalue weighted by molar-refractivity contribution is -0.125. The zero-order valence-electron chi connectivity index (χ0n) is 16.6. The average Bonchev–Trinajstić information content (AvgIpc) is 3.06. The molecular formula is C23H23NO5. The summed E-state index contributed by atoms with van der Waals surface area (Å²) in [5, 5.41) is 2.81. The first kappa shape index (κ1) is 20.2. The summed E-state index contributed by atoms with van der Waals surface area (Å²) in [6.07, 6.45) is -1.13. The van der Waals surface area contributed by atoms with Gasteiger partial charge in [-0.05, 0) is 39.0 Å². The van der Waals surface area contributed by atoms with Gasteiger partial charge in [0.05, 0.1) is 12.3 Å². The summed E-state index contributed by atoms with van der Waals surface area (Å²) in [6.45, 7) is 5.75. The van der Waals surface area contributed by atoms with E-state index in [1.165, 1.54) is 0 Å². The van der Waals surface area contributed by atoms with Crippen LogP contribution in [0, 0.1) is 13.8 Å². The van der Waals surface area contributed by atoms with E-state index in [1.54, 1.807) is 62.4 Å². The summed E-state index contributed by atoms with van der Waals surface area (Å²) < 4.78 is 16.6. The van der Waals surface area contributed by atoms with Crippen LogP contribution in [0.2, 0.25) is 0 Å².